The molecule has 3 N–H and O–H groups in total. The second-order valence-electron chi connectivity index (χ2n) is 5.29. The fourth-order valence-electron chi connectivity index (χ4n) is 2.20. The maximum atomic E-state index is 11.0. The zero-order valence-corrected chi connectivity index (χ0v) is 10.3. The molecule has 1 aliphatic rings. The van der Waals surface area contributed by atoms with Crippen LogP contribution in [-0.2, 0) is 16.8 Å². The van der Waals surface area contributed by atoms with Gasteiger partial charge in [0.05, 0.1) is 5.69 Å². The molecule has 5 nitrogen and oxygen atoms in total. The maximum Gasteiger partial charge on any atom is 0.321 e. The molecule has 0 spiro atoms. The summed E-state index contributed by atoms with van der Waals surface area (Å²) in [6.07, 6.45) is 3.54. The minimum absolute atomic E-state index is 0.423. The minimum atomic E-state index is -0.944. The highest BCUT2D eigenvalue weighted by atomic mass is 16.4. The van der Waals surface area contributed by atoms with Crippen LogP contribution in [0.4, 0.5) is 0 Å². The summed E-state index contributed by atoms with van der Waals surface area (Å²) in [5.74, 6) is -0.424. The molecule has 2 rings (SSSR count). The van der Waals surface area contributed by atoms with Crippen LogP contribution in [0.1, 0.15) is 32.4 Å². The highest BCUT2D eigenvalue weighted by molar-refractivity contribution is 5.76. The molecule has 5 heteroatoms. The Balaban J connectivity index is 2.17. The van der Waals surface area contributed by atoms with Crippen molar-refractivity contribution < 1.29 is 9.90 Å². The van der Waals surface area contributed by atoms with Crippen molar-refractivity contribution in [1.82, 2.24) is 9.78 Å². The van der Waals surface area contributed by atoms with Crippen LogP contribution in [0.3, 0.4) is 0 Å². The van der Waals surface area contributed by atoms with Gasteiger partial charge in [0.25, 0.3) is 0 Å². The van der Waals surface area contributed by atoms with Crippen LogP contribution < -0.4 is 5.73 Å². The third-order valence-corrected chi connectivity index (χ3v) is 3.35. The molecular weight excluding hydrogens is 218 g/mol. The van der Waals surface area contributed by atoms with Crippen LogP contribution in [0.15, 0.2) is 12.3 Å². The average Bonchev–Trinajstić information content (AvgIpc) is 2.92. The van der Waals surface area contributed by atoms with Crippen molar-refractivity contribution in [1.29, 1.82) is 0 Å². The first-order valence-electron chi connectivity index (χ1n) is 5.98. The molecule has 1 heterocycles. The van der Waals surface area contributed by atoms with Crippen LogP contribution in [0.25, 0.3) is 0 Å². The van der Waals surface area contributed by atoms with Crippen LogP contribution in [-0.4, -0.2) is 26.9 Å². The number of carbonyl (C=O) groups is 1. The quantitative estimate of drug-likeness (QED) is 0.800. The van der Waals surface area contributed by atoms with Crippen molar-refractivity contribution in [2.75, 3.05) is 0 Å². The SMILES string of the molecule is CC(C)Cn1ccc(C2(C(N)C(=O)O)CC2)n1. The molecule has 1 aromatic heterocycles. The van der Waals surface area contributed by atoms with E-state index in [4.69, 9.17) is 10.8 Å². The number of aliphatic carboxylic acids is 1. The third kappa shape index (κ3) is 2.20. The van der Waals surface area contributed by atoms with Gasteiger partial charge in [-0.2, -0.15) is 5.10 Å². The highest BCUT2D eigenvalue weighted by Gasteiger charge is 2.54. The Morgan fingerprint density at radius 1 is 1.65 bits per heavy atom. The van der Waals surface area contributed by atoms with E-state index in [-0.39, 0.29) is 0 Å². The number of hydrogen-bond donors (Lipinski definition) is 2. The molecule has 0 bridgehead atoms. The summed E-state index contributed by atoms with van der Waals surface area (Å²) in [6.45, 7) is 5.09. The zero-order chi connectivity index (χ0) is 12.6. The largest absolute Gasteiger partial charge is 0.480 e. The Hall–Kier alpha value is -1.36. The lowest BCUT2D eigenvalue weighted by Gasteiger charge is -2.17. The van der Waals surface area contributed by atoms with Gasteiger partial charge in [-0.25, -0.2) is 0 Å². The molecule has 1 saturated carbocycles. The number of carboxylic acids is 1. The van der Waals surface area contributed by atoms with E-state index in [2.05, 4.69) is 18.9 Å². The van der Waals surface area contributed by atoms with Crippen LogP contribution in [0.2, 0.25) is 0 Å². The summed E-state index contributed by atoms with van der Waals surface area (Å²) in [5.41, 5.74) is 6.15. The molecular formula is C12H19N3O2. The van der Waals surface area contributed by atoms with Gasteiger partial charge >= 0.3 is 5.97 Å². The molecule has 1 aliphatic carbocycles. The molecule has 17 heavy (non-hydrogen) atoms. The summed E-state index contributed by atoms with van der Waals surface area (Å²) in [4.78, 5) is 11.0. The van der Waals surface area contributed by atoms with E-state index in [0.717, 1.165) is 25.1 Å². The van der Waals surface area contributed by atoms with Gasteiger partial charge in [-0.05, 0) is 24.8 Å². The Morgan fingerprint density at radius 3 is 2.76 bits per heavy atom. The third-order valence-electron chi connectivity index (χ3n) is 3.35. The average molecular weight is 237 g/mol. The molecule has 0 radical (unpaired) electrons. The molecule has 1 fully saturated rings. The first-order chi connectivity index (χ1) is 7.95. The van der Waals surface area contributed by atoms with Crippen LogP contribution in [0, 0.1) is 5.92 Å². The van der Waals surface area contributed by atoms with E-state index >= 15 is 0 Å². The summed E-state index contributed by atoms with van der Waals surface area (Å²) in [6, 6.07) is 1.06. The molecule has 1 atom stereocenters. The second-order valence-corrected chi connectivity index (χ2v) is 5.29. The van der Waals surface area contributed by atoms with Gasteiger partial charge < -0.3 is 10.8 Å². The lowest BCUT2D eigenvalue weighted by Crippen LogP contribution is -2.42. The number of carboxylic acid groups (broad SMARTS) is 1. The lowest BCUT2D eigenvalue weighted by atomic mass is 9.93. The standard InChI is InChI=1S/C12H19N3O2/c1-8(2)7-15-6-3-9(14-15)12(4-5-12)10(13)11(16)17/h3,6,8,10H,4-5,7,13H2,1-2H3,(H,16,17). The van der Waals surface area contributed by atoms with Crippen molar-refractivity contribution in [3.05, 3.63) is 18.0 Å². The zero-order valence-electron chi connectivity index (χ0n) is 10.3. The fourth-order valence-corrected chi connectivity index (χ4v) is 2.20. The predicted molar refractivity (Wildman–Crippen MR) is 63.6 cm³/mol. The second kappa shape index (κ2) is 4.14. The van der Waals surface area contributed by atoms with Gasteiger partial charge in [0.15, 0.2) is 0 Å². The van der Waals surface area contributed by atoms with E-state index in [1.54, 1.807) is 0 Å². The van der Waals surface area contributed by atoms with Gasteiger partial charge in [0.1, 0.15) is 6.04 Å². The number of nitrogens with zero attached hydrogens (tertiary/aromatic N) is 2. The number of hydrogen-bond acceptors (Lipinski definition) is 3. The van der Waals surface area contributed by atoms with Gasteiger partial charge in [-0.1, -0.05) is 13.8 Å². The maximum absolute atomic E-state index is 11.0. The summed E-state index contributed by atoms with van der Waals surface area (Å²) in [7, 11) is 0. The smallest absolute Gasteiger partial charge is 0.321 e. The van der Waals surface area contributed by atoms with E-state index in [0.29, 0.717) is 5.92 Å². The van der Waals surface area contributed by atoms with E-state index < -0.39 is 17.4 Å². The van der Waals surface area contributed by atoms with Gasteiger partial charge in [-0.3, -0.25) is 9.48 Å². The summed E-state index contributed by atoms with van der Waals surface area (Å²) in [5, 5.41) is 13.5. The topological polar surface area (TPSA) is 81.1 Å². The van der Waals surface area contributed by atoms with Gasteiger partial charge in [0.2, 0.25) is 0 Å². The number of rotatable bonds is 5. The molecule has 1 aromatic rings. The normalized spacial score (nSPS) is 19.3. The lowest BCUT2D eigenvalue weighted by molar-refractivity contribution is -0.139. The Kier molecular flexibility index (Phi) is 2.95. The minimum Gasteiger partial charge on any atom is -0.480 e. The Morgan fingerprint density at radius 2 is 2.29 bits per heavy atom. The van der Waals surface area contributed by atoms with Crippen molar-refractivity contribution >= 4 is 5.97 Å². The molecule has 0 aliphatic heterocycles. The van der Waals surface area contributed by atoms with E-state index in [1.165, 1.54) is 0 Å². The van der Waals surface area contributed by atoms with Crippen LogP contribution >= 0.6 is 0 Å². The van der Waals surface area contributed by atoms with Crippen molar-refractivity contribution in [3.63, 3.8) is 0 Å². The predicted octanol–water partition coefficient (Wildman–Crippen LogP) is 0.983. The van der Waals surface area contributed by atoms with Crippen LogP contribution in [0.5, 0.6) is 0 Å². The Labute approximate surface area is 101 Å². The number of aromatic nitrogens is 2. The molecule has 94 valence electrons. The van der Waals surface area contributed by atoms with Crippen molar-refractivity contribution in [2.45, 2.75) is 44.7 Å². The fraction of sp³-hybridized carbons (Fsp3) is 0.667. The highest BCUT2D eigenvalue weighted by Crippen LogP contribution is 2.49. The molecule has 0 saturated heterocycles. The molecule has 0 amide bonds. The molecule has 1 unspecified atom stereocenters. The van der Waals surface area contributed by atoms with E-state index in [1.807, 2.05) is 16.9 Å². The monoisotopic (exact) mass is 237 g/mol. The van der Waals surface area contributed by atoms with Crippen molar-refractivity contribution in [3.8, 4) is 0 Å². The first kappa shape index (κ1) is 12.1. The van der Waals surface area contributed by atoms with Crippen molar-refractivity contribution in [2.24, 2.45) is 11.7 Å². The summed E-state index contributed by atoms with van der Waals surface area (Å²) >= 11 is 0. The first-order valence-corrected chi connectivity index (χ1v) is 5.98. The summed E-state index contributed by atoms with van der Waals surface area (Å²) < 4.78 is 1.87. The van der Waals surface area contributed by atoms with Gasteiger partial charge in [0, 0.05) is 18.2 Å². The Bertz CT molecular complexity index is 421. The molecule has 0 aromatic carbocycles. The van der Waals surface area contributed by atoms with E-state index in [9.17, 15) is 4.79 Å². The number of nitrogens with two attached hydrogens (primary N) is 1. The van der Waals surface area contributed by atoms with Gasteiger partial charge in [-0.15, -0.1) is 0 Å².